The van der Waals surface area contributed by atoms with Crippen LogP contribution in [0.1, 0.15) is 27.3 Å². The van der Waals surface area contributed by atoms with Crippen LogP contribution in [0.4, 0.5) is 19.0 Å². The summed E-state index contributed by atoms with van der Waals surface area (Å²) in [5.74, 6) is 0.469. The van der Waals surface area contributed by atoms with E-state index in [1.807, 2.05) is 54.6 Å². The molecule has 0 bridgehead atoms. The van der Waals surface area contributed by atoms with E-state index < -0.39 is 17.6 Å². The predicted octanol–water partition coefficient (Wildman–Crippen LogP) is 6.41. The zero-order chi connectivity index (χ0) is 27.4. The van der Waals surface area contributed by atoms with E-state index in [2.05, 4.69) is 15.5 Å². The molecule has 0 aliphatic heterocycles. The number of amides is 1. The molecule has 1 amide bonds. The molecule has 0 unspecified atom stereocenters. The molecule has 0 atom stereocenters. The molecule has 10 heteroatoms. The van der Waals surface area contributed by atoms with E-state index in [1.165, 1.54) is 15.4 Å². The van der Waals surface area contributed by atoms with Crippen molar-refractivity contribution in [1.29, 1.82) is 0 Å². The van der Waals surface area contributed by atoms with Gasteiger partial charge in [0.15, 0.2) is 18.2 Å². The summed E-state index contributed by atoms with van der Waals surface area (Å²) in [4.78, 5) is 12.7. The van der Waals surface area contributed by atoms with Crippen molar-refractivity contribution in [3.63, 3.8) is 0 Å². The zero-order valence-corrected chi connectivity index (χ0v) is 20.9. The van der Waals surface area contributed by atoms with Crippen molar-refractivity contribution in [2.45, 2.75) is 26.4 Å². The number of aromatic nitrogens is 4. The fourth-order valence-corrected chi connectivity index (χ4v) is 4.00. The van der Waals surface area contributed by atoms with Gasteiger partial charge in [-0.1, -0.05) is 54.6 Å². The molecular formula is C29H24F3N5O2. The molecule has 3 aromatic carbocycles. The number of carbonyl (C=O) groups excluding carboxylic acids is 1. The highest BCUT2D eigenvalue weighted by Crippen LogP contribution is 2.30. The lowest BCUT2D eigenvalue weighted by Crippen LogP contribution is -2.15. The number of benzene rings is 3. The maximum absolute atomic E-state index is 13.0. The average Bonchev–Trinajstić information content (AvgIpc) is 3.54. The molecule has 0 fully saturated rings. The number of halogens is 3. The number of rotatable bonds is 8. The van der Waals surface area contributed by atoms with Gasteiger partial charge in [-0.3, -0.25) is 9.48 Å². The lowest BCUT2D eigenvalue weighted by molar-refractivity contribution is -0.137. The predicted molar refractivity (Wildman–Crippen MR) is 140 cm³/mol. The summed E-state index contributed by atoms with van der Waals surface area (Å²) >= 11 is 0. The highest BCUT2D eigenvalue weighted by Gasteiger charge is 2.30. The van der Waals surface area contributed by atoms with Crippen molar-refractivity contribution in [1.82, 2.24) is 19.6 Å². The Labute approximate surface area is 222 Å². The first-order valence-electron chi connectivity index (χ1n) is 12.1. The Balaban J connectivity index is 1.17. The van der Waals surface area contributed by atoms with E-state index in [0.717, 1.165) is 23.3 Å². The van der Waals surface area contributed by atoms with Crippen LogP contribution in [0.25, 0.3) is 11.1 Å². The number of nitrogens with zero attached hydrogens (tertiary/aromatic N) is 4. The van der Waals surface area contributed by atoms with Gasteiger partial charge in [0.05, 0.1) is 12.1 Å². The van der Waals surface area contributed by atoms with Gasteiger partial charge in [-0.2, -0.15) is 23.4 Å². The second-order valence-electron chi connectivity index (χ2n) is 8.89. The van der Waals surface area contributed by atoms with Crippen molar-refractivity contribution in [3.8, 4) is 16.9 Å². The topological polar surface area (TPSA) is 74.0 Å². The number of aryl methyl sites for hydroxylation is 1. The second kappa shape index (κ2) is 10.9. The van der Waals surface area contributed by atoms with Gasteiger partial charge in [0.2, 0.25) is 0 Å². The number of ether oxygens (including phenoxy) is 1. The Morgan fingerprint density at radius 2 is 1.64 bits per heavy atom. The summed E-state index contributed by atoms with van der Waals surface area (Å²) in [6, 6.07) is 26.0. The van der Waals surface area contributed by atoms with Crippen LogP contribution in [0.15, 0.2) is 97.2 Å². The molecule has 2 heterocycles. The minimum atomic E-state index is -4.42. The maximum Gasteiger partial charge on any atom is 0.416 e. The molecule has 1 N–H and O–H groups in total. The Morgan fingerprint density at radius 1 is 0.897 bits per heavy atom. The third-order valence-corrected chi connectivity index (χ3v) is 6.01. The quantitative estimate of drug-likeness (QED) is 0.251. The van der Waals surface area contributed by atoms with Gasteiger partial charge in [-0.05, 0) is 53.9 Å². The Hall–Kier alpha value is -4.86. The van der Waals surface area contributed by atoms with Crippen LogP contribution < -0.4 is 10.1 Å². The standard InChI is InChI=1S/C29H24F3N5O2/c1-20-16-27(35-37(20)18-21-6-5-9-24(17-21)29(30,31)32)33-28(38)26-14-15-36(34-26)19-39-25-12-10-23(11-13-25)22-7-3-2-4-8-22/h2-17H,18-19H2,1H3,(H,33,35,38). The van der Waals surface area contributed by atoms with Crippen LogP contribution >= 0.6 is 0 Å². The molecule has 198 valence electrons. The first-order valence-corrected chi connectivity index (χ1v) is 12.1. The van der Waals surface area contributed by atoms with Gasteiger partial charge in [0.25, 0.3) is 5.91 Å². The summed E-state index contributed by atoms with van der Waals surface area (Å²) < 4.78 is 47.9. The Kier molecular flexibility index (Phi) is 7.18. The molecular weight excluding hydrogens is 507 g/mol. The minimum Gasteiger partial charge on any atom is -0.471 e. The van der Waals surface area contributed by atoms with Gasteiger partial charge in [0, 0.05) is 18.0 Å². The van der Waals surface area contributed by atoms with E-state index >= 15 is 0 Å². The first kappa shape index (κ1) is 25.8. The number of nitrogens with one attached hydrogen (secondary N) is 1. The zero-order valence-electron chi connectivity index (χ0n) is 20.9. The van der Waals surface area contributed by atoms with Crippen LogP contribution in [0.3, 0.4) is 0 Å². The summed E-state index contributed by atoms with van der Waals surface area (Å²) in [7, 11) is 0. The monoisotopic (exact) mass is 531 g/mol. The molecule has 2 aromatic heterocycles. The van der Waals surface area contributed by atoms with Crippen LogP contribution in [0.5, 0.6) is 5.75 Å². The van der Waals surface area contributed by atoms with Crippen LogP contribution in [-0.4, -0.2) is 25.5 Å². The molecule has 0 saturated heterocycles. The van der Waals surface area contributed by atoms with Crippen molar-refractivity contribution in [2.24, 2.45) is 0 Å². The van der Waals surface area contributed by atoms with E-state index in [1.54, 1.807) is 31.3 Å². The average molecular weight is 532 g/mol. The molecule has 39 heavy (non-hydrogen) atoms. The lowest BCUT2D eigenvalue weighted by Gasteiger charge is -2.09. The van der Waals surface area contributed by atoms with Crippen LogP contribution in [0.2, 0.25) is 0 Å². The molecule has 0 aliphatic rings. The van der Waals surface area contributed by atoms with Gasteiger partial charge < -0.3 is 10.1 Å². The summed E-state index contributed by atoms with van der Waals surface area (Å²) in [6.45, 7) is 2.00. The fraction of sp³-hybridized carbons (Fsp3) is 0.138. The summed E-state index contributed by atoms with van der Waals surface area (Å²) in [5.41, 5.74) is 2.77. The smallest absolute Gasteiger partial charge is 0.416 e. The largest absolute Gasteiger partial charge is 0.471 e. The molecule has 5 aromatic rings. The number of hydrogen-bond acceptors (Lipinski definition) is 4. The van der Waals surface area contributed by atoms with Crippen molar-refractivity contribution in [3.05, 3.63) is 120 Å². The lowest BCUT2D eigenvalue weighted by atomic mass is 10.1. The molecule has 7 nitrogen and oxygen atoms in total. The fourth-order valence-electron chi connectivity index (χ4n) is 4.00. The molecule has 0 radical (unpaired) electrons. The molecule has 5 rings (SSSR count). The van der Waals surface area contributed by atoms with E-state index in [4.69, 9.17) is 4.74 Å². The van der Waals surface area contributed by atoms with Crippen LogP contribution in [0, 0.1) is 6.92 Å². The van der Waals surface area contributed by atoms with Crippen molar-refractivity contribution >= 4 is 11.7 Å². The third kappa shape index (κ3) is 6.35. The first-order chi connectivity index (χ1) is 18.7. The maximum atomic E-state index is 13.0. The van der Waals surface area contributed by atoms with Gasteiger partial charge in [-0.25, -0.2) is 4.68 Å². The molecule has 0 saturated carbocycles. The highest BCUT2D eigenvalue weighted by atomic mass is 19.4. The number of hydrogen-bond donors (Lipinski definition) is 1. The highest BCUT2D eigenvalue weighted by molar-refractivity contribution is 6.02. The Morgan fingerprint density at radius 3 is 2.38 bits per heavy atom. The van der Waals surface area contributed by atoms with Gasteiger partial charge >= 0.3 is 6.18 Å². The minimum absolute atomic E-state index is 0.114. The van der Waals surface area contributed by atoms with Crippen molar-refractivity contribution < 1.29 is 22.7 Å². The van der Waals surface area contributed by atoms with E-state index in [-0.39, 0.29) is 24.8 Å². The van der Waals surface area contributed by atoms with Crippen molar-refractivity contribution in [2.75, 3.05) is 5.32 Å². The number of carbonyl (C=O) groups is 1. The SMILES string of the molecule is Cc1cc(NC(=O)c2ccn(COc3ccc(-c4ccccc4)cc3)n2)nn1Cc1cccc(C(F)(F)F)c1. The van der Waals surface area contributed by atoms with E-state index in [0.29, 0.717) is 17.0 Å². The summed E-state index contributed by atoms with van der Waals surface area (Å²) in [5, 5.41) is 11.3. The van der Waals surface area contributed by atoms with E-state index in [9.17, 15) is 18.0 Å². The summed E-state index contributed by atoms with van der Waals surface area (Å²) in [6.07, 6.45) is -2.79. The Bertz CT molecular complexity index is 1570. The second-order valence-corrected chi connectivity index (χ2v) is 8.89. The normalized spacial score (nSPS) is 11.4. The number of anilines is 1. The molecule has 0 spiro atoms. The van der Waals surface area contributed by atoms with Gasteiger partial charge in [0.1, 0.15) is 5.75 Å². The molecule has 0 aliphatic carbocycles. The van der Waals surface area contributed by atoms with Crippen LogP contribution in [-0.2, 0) is 19.5 Å². The third-order valence-electron chi connectivity index (χ3n) is 6.01. The number of alkyl halides is 3. The van der Waals surface area contributed by atoms with Gasteiger partial charge in [-0.15, -0.1) is 0 Å².